The molecule has 0 radical (unpaired) electrons. The van der Waals surface area contributed by atoms with Gasteiger partial charge in [-0.2, -0.15) is 9.90 Å². The molecular formula is C8H17P. The van der Waals surface area contributed by atoms with E-state index in [4.69, 9.17) is 0 Å². The SMILES string of the molecule is C1CCC2CCC2C1.P. The lowest BCUT2D eigenvalue weighted by Gasteiger charge is -2.40. The Morgan fingerprint density at radius 2 is 1.11 bits per heavy atom. The van der Waals surface area contributed by atoms with Gasteiger partial charge in [-0.05, 0) is 24.7 Å². The van der Waals surface area contributed by atoms with E-state index in [0.717, 1.165) is 0 Å². The molecule has 0 spiro atoms. The minimum absolute atomic E-state index is 0. The largest absolute Gasteiger partial charge is 0.153 e. The molecule has 2 fully saturated rings. The molecule has 0 aromatic rings. The molecule has 2 rings (SSSR count). The molecule has 0 heterocycles. The summed E-state index contributed by atoms with van der Waals surface area (Å²) in [6.07, 6.45) is 9.30. The maximum atomic E-state index is 1.56. The van der Waals surface area contributed by atoms with Gasteiger partial charge in [0.1, 0.15) is 0 Å². The van der Waals surface area contributed by atoms with Gasteiger partial charge in [-0.3, -0.25) is 0 Å². The van der Waals surface area contributed by atoms with Gasteiger partial charge < -0.3 is 0 Å². The summed E-state index contributed by atoms with van der Waals surface area (Å²) in [5, 5.41) is 0. The smallest absolute Gasteiger partial charge is 0.0386 e. The number of rotatable bonds is 0. The molecule has 0 N–H and O–H groups in total. The summed E-state index contributed by atoms with van der Waals surface area (Å²) >= 11 is 0. The molecule has 0 bridgehead atoms. The van der Waals surface area contributed by atoms with Crippen LogP contribution in [0.3, 0.4) is 0 Å². The summed E-state index contributed by atoms with van der Waals surface area (Å²) in [4.78, 5) is 0. The Labute approximate surface area is 61.0 Å². The van der Waals surface area contributed by atoms with E-state index < -0.39 is 0 Å². The van der Waals surface area contributed by atoms with E-state index in [1.54, 1.807) is 25.7 Å². The number of hydrogen-bond donors (Lipinski definition) is 0. The maximum Gasteiger partial charge on any atom is -0.0386 e. The average Bonchev–Trinajstić information content (AvgIpc) is 1.72. The fraction of sp³-hybridized carbons (Fsp3) is 1.00. The van der Waals surface area contributed by atoms with E-state index in [9.17, 15) is 0 Å². The van der Waals surface area contributed by atoms with Crippen molar-refractivity contribution >= 4 is 9.90 Å². The van der Waals surface area contributed by atoms with Crippen molar-refractivity contribution in [3.63, 3.8) is 0 Å². The van der Waals surface area contributed by atoms with Crippen LogP contribution in [-0.2, 0) is 0 Å². The van der Waals surface area contributed by atoms with E-state index in [-0.39, 0.29) is 9.90 Å². The van der Waals surface area contributed by atoms with Crippen molar-refractivity contribution in [3.8, 4) is 0 Å². The Morgan fingerprint density at radius 3 is 1.33 bits per heavy atom. The standard InChI is InChI=1S/C8H14.H3P/c1-2-4-8-6-5-7(8)3-1;/h7-8H,1-6H2;1H3. The van der Waals surface area contributed by atoms with Gasteiger partial charge in [0.15, 0.2) is 0 Å². The van der Waals surface area contributed by atoms with Crippen molar-refractivity contribution in [2.45, 2.75) is 38.5 Å². The van der Waals surface area contributed by atoms with Crippen molar-refractivity contribution in [1.29, 1.82) is 0 Å². The lowest BCUT2D eigenvalue weighted by molar-refractivity contribution is 0.115. The monoisotopic (exact) mass is 144 g/mol. The minimum Gasteiger partial charge on any atom is -0.153 e. The van der Waals surface area contributed by atoms with Gasteiger partial charge in [0.25, 0.3) is 0 Å². The first-order chi connectivity index (χ1) is 3.97. The Hall–Kier alpha value is 0.430. The van der Waals surface area contributed by atoms with E-state index in [1.165, 1.54) is 24.7 Å². The molecule has 2 aliphatic carbocycles. The third-order valence-electron chi connectivity index (χ3n) is 2.97. The van der Waals surface area contributed by atoms with E-state index in [1.807, 2.05) is 0 Å². The summed E-state index contributed by atoms with van der Waals surface area (Å²) < 4.78 is 0. The molecule has 2 saturated carbocycles. The molecule has 0 aromatic carbocycles. The fourth-order valence-electron chi connectivity index (χ4n) is 2.21. The highest BCUT2D eigenvalue weighted by molar-refractivity contribution is 6.92. The summed E-state index contributed by atoms with van der Waals surface area (Å²) in [5.74, 6) is 2.37. The van der Waals surface area contributed by atoms with E-state index in [0.29, 0.717) is 0 Å². The van der Waals surface area contributed by atoms with Crippen molar-refractivity contribution < 1.29 is 0 Å². The molecule has 54 valence electrons. The third-order valence-corrected chi connectivity index (χ3v) is 2.97. The zero-order valence-electron chi connectivity index (χ0n) is 6.10. The highest BCUT2D eigenvalue weighted by Gasteiger charge is 2.31. The normalized spacial score (nSPS) is 40.0. The molecule has 0 nitrogen and oxygen atoms in total. The topological polar surface area (TPSA) is 0 Å². The van der Waals surface area contributed by atoms with Crippen LogP contribution in [0.1, 0.15) is 38.5 Å². The molecular weight excluding hydrogens is 127 g/mol. The van der Waals surface area contributed by atoms with Gasteiger partial charge in [-0.15, -0.1) is 0 Å². The van der Waals surface area contributed by atoms with Gasteiger partial charge in [-0.1, -0.05) is 25.7 Å². The summed E-state index contributed by atoms with van der Waals surface area (Å²) in [5.41, 5.74) is 0. The zero-order chi connectivity index (χ0) is 5.40. The Bertz CT molecular complexity index is 78.6. The van der Waals surface area contributed by atoms with Crippen molar-refractivity contribution in [2.24, 2.45) is 11.8 Å². The Kier molecular flexibility index (Phi) is 2.52. The molecule has 0 saturated heterocycles. The van der Waals surface area contributed by atoms with Crippen LogP contribution < -0.4 is 0 Å². The first-order valence-corrected chi connectivity index (χ1v) is 3.97. The van der Waals surface area contributed by atoms with Crippen molar-refractivity contribution in [3.05, 3.63) is 0 Å². The first-order valence-electron chi connectivity index (χ1n) is 3.97. The van der Waals surface area contributed by atoms with Gasteiger partial charge in [-0.25, -0.2) is 0 Å². The minimum atomic E-state index is 0. The second kappa shape index (κ2) is 3.01. The molecule has 1 heteroatoms. The van der Waals surface area contributed by atoms with Crippen LogP contribution in [0.2, 0.25) is 0 Å². The lowest BCUT2D eigenvalue weighted by atomic mass is 9.66. The average molecular weight is 144 g/mol. The molecule has 0 amide bonds. The van der Waals surface area contributed by atoms with Crippen LogP contribution in [0, 0.1) is 11.8 Å². The second-order valence-electron chi connectivity index (χ2n) is 3.38. The first kappa shape index (κ1) is 7.54. The van der Waals surface area contributed by atoms with Gasteiger partial charge in [0.05, 0.1) is 0 Å². The number of hydrogen-bond acceptors (Lipinski definition) is 0. The predicted octanol–water partition coefficient (Wildman–Crippen LogP) is 2.64. The van der Waals surface area contributed by atoms with Gasteiger partial charge in [0.2, 0.25) is 0 Å². The van der Waals surface area contributed by atoms with Crippen LogP contribution in [0.4, 0.5) is 0 Å². The number of fused-ring (bicyclic) bond motifs is 1. The molecule has 0 aliphatic heterocycles. The van der Waals surface area contributed by atoms with Crippen molar-refractivity contribution in [1.82, 2.24) is 0 Å². The van der Waals surface area contributed by atoms with Gasteiger partial charge >= 0.3 is 0 Å². The predicted molar refractivity (Wildman–Crippen MR) is 45.8 cm³/mol. The fourth-order valence-corrected chi connectivity index (χ4v) is 2.21. The van der Waals surface area contributed by atoms with Crippen LogP contribution in [0.25, 0.3) is 0 Å². The summed E-state index contributed by atoms with van der Waals surface area (Å²) in [6, 6.07) is 0. The quantitative estimate of drug-likeness (QED) is 0.458. The highest BCUT2D eigenvalue weighted by Crippen LogP contribution is 2.44. The second-order valence-corrected chi connectivity index (χ2v) is 3.38. The van der Waals surface area contributed by atoms with Crippen LogP contribution in [0.15, 0.2) is 0 Å². The molecule has 3 unspecified atom stereocenters. The van der Waals surface area contributed by atoms with E-state index >= 15 is 0 Å². The molecule has 3 atom stereocenters. The third kappa shape index (κ3) is 1.29. The van der Waals surface area contributed by atoms with Crippen LogP contribution in [0.5, 0.6) is 0 Å². The molecule has 9 heavy (non-hydrogen) atoms. The van der Waals surface area contributed by atoms with Crippen molar-refractivity contribution in [2.75, 3.05) is 0 Å². The zero-order valence-corrected chi connectivity index (χ0v) is 7.52. The highest BCUT2D eigenvalue weighted by atomic mass is 31.0. The maximum absolute atomic E-state index is 1.56. The molecule has 0 aromatic heterocycles. The molecule has 2 aliphatic rings. The van der Waals surface area contributed by atoms with Crippen LogP contribution in [-0.4, -0.2) is 0 Å². The van der Waals surface area contributed by atoms with E-state index in [2.05, 4.69) is 0 Å². The van der Waals surface area contributed by atoms with Crippen LogP contribution >= 0.6 is 9.90 Å². The Balaban J connectivity index is 0.000000405. The summed E-state index contributed by atoms with van der Waals surface area (Å²) in [6.45, 7) is 0. The lowest BCUT2D eigenvalue weighted by Crippen LogP contribution is -2.28. The Morgan fingerprint density at radius 1 is 0.667 bits per heavy atom. The summed E-state index contributed by atoms with van der Waals surface area (Å²) in [7, 11) is 0. The van der Waals surface area contributed by atoms with Gasteiger partial charge in [0, 0.05) is 0 Å².